The molecule has 5 nitrogen and oxygen atoms in total. The van der Waals surface area contributed by atoms with Crippen LogP contribution in [0.1, 0.15) is 0 Å². The Morgan fingerprint density at radius 1 is 1.31 bits per heavy atom. The molecule has 0 aromatic heterocycles. The first-order valence-corrected chi connectivity index (χ1v) is 6.02. The minimum atomic E-state index is -3.41. The first kappa shape index (κ1) is 10.7. The summed E-state index contributed by atoms with van der Waals surface area (Å²) in [5, 5.41) is 9.39. The predicted octanol–water partition coefficient (Wildman–Crippen LogP) is 1.07. The van der Waals surface area contributed by atoms with Crippen molar-refractivity contribution in [1.29, 1.82) is 0 Å². The fraction of sp³-hybridized carbons (Fsp3) is 0.100. The molecule has 0 fully saturated rings. The number of benzene rings is 1. The molecule has 0 saturated heterocycles. The van der Waals surface area contributed by atoms with Crippen molar-refractivity contribution in [2.75, 3.05) is 6.61 Å². The van der Waals surface area contributed by atoms with Gasteiger partial charge in [-0.1, -0.05) is 12.1 Å². The summed E-state index contributed by atoms with van der Waals surface area (Å²) in [4.78, 5) is 3.61. The second-order valence-corrected chi connectivity index (χ2v) is 4.98. The zero-order chi connectivity index (χ0) is 11.6. The smallest absolute Gasteiger partial charge is 0.217 e. The van der Waals surface area contributed by atoms with Gasteiger partial charge < -0.3 is 9.84 Å². The molecule has 1 aromatic rings. The molecular weight excluding hydrogens is 230 g/mol. The Morgan fingerprint density at radius 2 is 2.06 bits per heavy atom. The molecule has 0 radical (unpaired) electrons. The number of hydrogen-bond acceptors (Lipinski definition) is 5. The summed E-state index contributed by atoms with van der Waals surface area (Å²) in [6.07, 6.45) is 1.23. The zero-order valence-corrected chi connectivity index (χ0v) is 9.02. The van der Waals surface area contributed by atoms with Crippen LogP contribution in [-0.4, -0.2) is 25.7 Å². The van der Waals surface area contributed by atoms with Gasteiger partial charge in [0.1, 0.15) is 17.1 Å². The Kier molecular flexibility index (Phi) is 2.66. The number of hydrogen-bond donors (Lipinski definition) is 1. The van der Waals surface area contributed by atoms with E-state index in [1.54, 1.807) is 18.2 Å². The lowest BCUT2D eigenvalue weighted by Crippen LogP contribution is -2.09. The van der Waals surface area contributed by atoms with Crippen LogP contribution < -0.4 is 4.74 Å². The summed E-state index contributed by atoms with van der Waals surface area (Å²) < 4.78 is 27.8. The molecule has 0 spiro atoms. The fourth-order valence-corrected chi connectivity index (χ4v) is 1.97. The van der Waals surface area contributed by atoms with Crippen molar-refractivity contribution < 1.29 is 18.3 Å². The van der Waals surface area contributed by atoms with E-state index in [1.807, 2.05) is 0 Å². The van der Waals surface area contributed by atoms with E-state index >= 15 is 0 Å². The number of ether oxygens (including phenoxy) is 1. The number of nitrogens with zero attached hydrogens (tertiary/aromatic N) is 1. The monoisotopic (exact) mass is 239 g/mol. The summed E-state index contributed by atoms with van der Waals surface area (Å²) in [6.45, 7) is -0.139. The van der Waals surface area contributed by atoms with Gasteiger partial charge >= 0.3 is 0 Å². The van der Waals surface area contributed by atoms with Crippen LogP contribution in [0.25, 0.3) is 0 Å². The van der Waals surface area contributed by atoms with Crippen LogP contribution in [0.5, 0.6) is 11.5 Å². The number of phenolic OH excluding ortho intramolecular Hbond substituents is 1. The maximum absolute atomic E-state index is 11.3. The molecule has 1 aliphatic rings. The van der Waals surface area contributed by atoms with Crippen LogP contribution in [0.2, 0.25) is 0 Å². The summed E-state index contributed by atoms with van der Waals surface area (Å²) in [6, 6.07) is 6.35. The van der Waals surface area contributed by atoms with E-state index in [4.69, 9.17) is 4.74 Å². The Balaban J connectivity index is 2.08. The van der Waals surface area contributed by atoms with Gasteiger partial charge in [-0.05, 0) is 12.1 Å². The van der Waals surface area contributed by atoms with Crippen molar-refractivity contribution in [3.8, 4) is 11.5 Å². The number of rotatable bonds is 3. The van der Waals surface area contributed by atoms with E-state index in [0.717, 1.165) is 5.55 Å². The average Bonchev–Trinajstić information content (AvgIpc) is 2.57. The van der Waals surface area contributed by atoms with Gasteiger partial charge in [-0.2, -0.15) is 0 Å². The maximum Gasteiger partial charge on any atom is 0.217 e. The van der Waals surface area contributed by atoms with E-state index in [9.17, 15) is 13.5 Å². The number of aromatic hydroxyl groups is 1. The molecule has 0 bridgehead atoms. The Hall–Kier alpha value is -1.82. The van der Waals surface area contributed by atoms with E-state index in [1.165, 1.54) is 12.3 Å². The molecule has 0 amide bonds. The van der Waals surface area contributed by atoms with Crippen LogP contribution in [-0.2, 0) is 9.84 Å². The van der Waals surface area contributed by atoms with Crippen molar-refractivity contribution in [3.63, 3.8) is 0 Å². The molecule has 1 heterocycles. The lowest BCUT2D eigenvalue weighted by molar-refractivity contribution is 0.332. The summed E-state index contributed by atoms with van der Waals surface area (Å²) in [5.41, 5.74) is 0.872. The minimum absolute atomic E-state index is 0.0283. The minimum Gasteiger partial charge on any atom is -0.504 e. The highest BCUT2D eigenvalue weighted by Crippen LogP contribution is 2.25. The lowest BCUT2D eigenvalue weighted by atomic mass is 10.3. The highest BCUT2D eigenvalue weighted by molar-refractivity contribution is 8.08. The quantitative estimate of drug-likeness (QED) is 0.856. The normalized spacial score (nSPS) is 17.1. The van der Waals surface area contributed by atoms with Gasteiger partial charge in [0.2, 0.25) is 9.84 Å². The van der Waals surface area contributed by atoms with Crippen LogP contribution in [0.15, 0.2) is 40.4 Å². The number of aliphatic imine (C=N–C) groups is 1. The summed E-state index contributed by atoms with van der Waals surface area (Å²) >= 11 is 0. The van der Waals surface area contributed by atoms with Crippen molar-refractivity contribution in [2.24, 2.45) is 4.99 Å². The lowest BCUT2D eigenvalue weighted by Gasteiger charge is -2.07. The molecule has 84 valence electrons. The topological polar surface area (TPSA) is 76.0 Å². The van der Waals surface area contributed by atoms with Crippen LogP contribution in [0.3, 0.4) is 0 Å². The predicted molar refractivity (Wildman–Crippen MR) is 59.1 cm³/mol. The van der Waals surface area contributed by atoms with Gasteiger partial charge in [0.05, 0.1) is 0 Å². The van der Waals surface area contributed by atoms with Crippen molar-refractivity contribution in [1.82, 2.24) is 0 Å². The summed E-state index contributed by atoms with van der Waals surface area (Å²) in [5.74, 6) is 0.213. The Bertz CT molecular complexity index is 560. The van der Waals surface area contributed by atoms with Gasteiger partial charge in [-0.15, -0.1) is 0 Å². The first-order valence-electron chi connectivity index (χ1n) is 4.48. The maximum atomic E-state index is 11.3. The zero-order valence-electron chi connectivity index (χ0n) is 8.20. The van der Waals surface area contributed by atoms with E-state index in [-0.39, 0.29) is 23.0 Å². The van der Waals surface area contributed by atoms with Gasteiger partial charge in [-0.3, -0.25) is 4.99 Å². The van der Waals surface area contributed by atoms with E-state index in [0.29, 0.717) is 0 Å². The highest BCUT2D eigenvalue weighted by atomic mass is 32.2. The third-order valence-electron chi connectivity index (χ3n) is 2.02. The van der Waals surface area contributed by atoms with Crippen LogP contribution in [0.4, 0.5) is 0 Å². The molecule has 0 atom stereocenters. The number of para-hydroxylation sites is 2. The molecule has 0 saturated carbocycles. The molecule has 0 aliphatic carbocycles. The third-order valence-corrected chi connectivity index (χ3v) is 3.37. The van der Waals surface area contributed by atoms with Crippen molar-refractivity contribution in [3.05, 3.63) is 35.4 Å². The van der Waals surface area contributed by atoms with Gasteiger partial charge in [0.25, 0.3) is 0 Å². The average molecular weight is 239 g/mol. The second-order valence-electron chi connectivity index (χ2n) is 3.15. The SMILES string of the molecule is O=S1(=O)C=NC=C1COc1ccccc1O. The van der Waals surface area contributed by atoms with Gasteiger partial charge in [-0.25, -0.2) is 8.42 Å². The van der Waals surface area contributed by atoms with E-state index in [2.05, 4.69) is 4.99 Å². The van der Waals surface area contributed by atoms with Crippen molar-refractivity contribution >= 4 is 15.4 Å². The molecule has 0 unspecified atom stereocenters. The summed E-state index contributed by atoms with van der Waals surface area (Å²) in [7, 11) is -3.41. The molecule has 1 N–H and O–H groups in total. The Labute approximate surface area is 92.6 Å². The largest absolute Gasteiger partial charge is 0.504 e. The molecule has 16 heavy (non-hydrogen) atoms. The third kappa shape index (κ3) is 2.06. The molecule has 2 rings (SSSR count). The molecule has 1 aliphatic heterocycles. The van der Waals surface area contributed by atoms with Gasteiger partial charge in [0, 0.05) is 6.20 Å². The Morgan fingerprint density at radius 3 is 2.69 bits per heavy atom. The van der Waals surface area contributed by atoms with E-state index < -0.39 is 9.84 Å². The number of sulfone groups is 1. The standard InChI is InChI=1S/C10H9NO4S/c12-9-3-1-2-4-10(9)15-6-8-5-11-7-16(8,13)14/h1-5,7,12H,6H2. The fourth-order valence-electron chi connectivity index (χ4n) is 1.18. The van der Waals surface area contributed by atoms with Gasteiger partial charge in [0.15, 0.2) is 11.5 Å². The van der Waals surface area contributed by atoms with Crippen LogP contribution >= 0.6 is 0 Å². The van der Waals surface area contributed by atoms with Crippen LogP contribution in [0, 0.1) is 0 Å². The molecule has 6 heteroatoms. The van der Waals surface area contributed by atoms with Crippen molar-refractivity contribution in [2.45, 2.75) is 0 Å². The highest BCUT2D eigenvalue weighted by Gasteiger charge is 2.20. The first-order chi connectivity index (χ1) is 7.59. The number of phenols is 1. The second kappa shape index (κ2) is 3.97. The molecular formula is C10H9NO4S. The molecule has 1 aromatic carbocycles.